The number of carbonyl (C=O) groups is 5. The standard InChI is InChI=1S/C37H51N7O9/c1-20(45)41-19-25(46)16-22(5-4-12-40-35(38)39)33(47)42-18-24-15-23(34(48)49)10-13-44(24)36(50)52-29-9-7-26-27-17-21-6-8-28(51-3)31-30(21)37(26,32(29)53-31)11-14-43(27)2/h6,8-9,22-24,26-27,32H,4-5,7,10-19H2,1-3H3,(H,41,45)(H,42,47)(H,48,49)(H4,38,39,40)/t22-,23?,24?,26?,27?,32?,37+/m1/s1. The Balaban J connectivity index is 1.18. The number of hydrogen-bond donors (Lipinski definition) is 5. The molecule has 5 aliphatic rings. The molecule has 53 heavy (non-hydrogen) atoms. The third-order valence-electron chi connectivity index (χ3n) is 11.8. The van der Waals surface area contributed by atoms with Crippen molar-refractivity contribution in [2.45, 2.75) is 81.9 Å². The lowest BCUT2D eigenvalue weighted by Gasteiger charge is -2.56. The van der Waals surface area contributed by atoms with Crippen LogP contribution < -0.4 is 31.6 Å². The monoisotopic (exact) mass is 737 g/mol. The van der Waals surface area contributed by atoms with E-state index in [-0.39, 0.29) is 80.8 Å². The molecule has 7 N–H and O–H groups in total. The predicted molar refractivity (Wildman–Crippen MR) is 192 cm³/mol. The number of piperidine rings is 2. The van der Waals surface area contributed by atoms with Gasteiger partial charge in [0.05, 0.1) is 25.6 Å². The lowest BCUT2D eigenvalue weighted by molar-refractivity contribution is -0.144. The minimum absolute atomic E-state index is 0.0486. The molecule has 1 aromatic rings. The number of carbonyl (C=O) groups excluding carboxylic acids is 4. The van der Waals surface area contributed by atoms with Crippen molar-refractivity contribution < 1.29 is 43.3 Å². The molecule has 2 fully saturated rings. The summed E-state index contributed by atoms with van der Waals surface area (Å²) in [5.41, 5.74) is 12.9. The molecule has 2 aliphatic carbocycles. The quantitative estimate of drug-likeness (QED) is 0.103. The molecule has 3 amide bonds. The van der Waals surface area contributed by atoms with E-state index >= 15 is 0 Å². The zero-order valence-corrected chi connectivity index (χ0v) is 30.6. The summed E-state index contributed by atoms with van der Waals surface area (Å²) >= 11 is 0. The first kappa shape index (κ1) is 37.9. The van der Waals surface area contributed by atoms with Gasteiger partial charge >= 0.3 is 12.1 Å². The third kappa shape index (κ3) is 7.50. The van der Waals surface area contributed by atoms with E-state index in [9.17, 15) is 29.1 Å². The fourth-order valence-corrected chi connectivity index (χ4v) is 9.24. The molecule has 0 radical (unpaired) electrons. The van der Waals surface area contributed by atoms with E-state index in [4.69, 9.17) is 25.7 Å². The molecule has 2 bridgehead atoms. The number of nitrogens with zero attached hydrogens (tertiary/aromatic N) is 3. The number of carboxylic acids is 1. The highest BCUT2D eigenvalue weighted by atomic mass is 16.6. The van der Waals surface area contributed by atoms with Crippen LogP contribution in [0.5, 0.6) is 11.5 Å². The topological polar surface area (TPSA) is 228 Å². The van der Waals surface area contributed by atoms with Crippen LogP contribution in [0.4, 0.5) is 4.79 Å². The Labute approximate surface area is 308 Å². The first-order valence-corrected chi connectivity index (χ1v) is 18.4. The van der Waals surface area contributed by atoms with Crippen molar-refractivity contribution in [1.29, 1.82) is 0 Å². The molecule has 5 unspecified atom stereocenters. The largest absolute Gasteiger partial charge is 0.493 e. The van der Waals surface area contributed by atoms with Crippen molar-refractivity contribution in [1.82, 2.24) is 20.4 Å². The number of hydrogen-bond acceptors (Lipinski definition) is 10. The first-order chi connectivity index (χ1) is 25.3. The van der Waals surface area contributed by atoms with Crippen LogP contribution in [0.25, 0.3) is 0 Å². The Morgan fingerprint density at radius 1 is 1.17 bits per heavy atom. The normalized spacial score (nSPS) is 27.3. The fraction of sp³-hybridized carbons (Fsp3) is 0.622. The average Bonchev–Trinajstić information content (AvgIpc) is 3.48. The number of Topliss-reactive ketones (excluding diaryl/α,β-unsaturated/α-hetero) is 1. The van der Waals surface area contributed by atoms with Crippen molar-refractivity contribution in [3.63, 3.8) is 0 Å². The van der Waals surface area contributed by atoms with Gasteiger partial charge in [0.2, 0.25) is 11.8 Å². The smallest absolute Gasteiger partial charge is 0.415 e. The number of likely N-dealkylation sites (tertiary alicyclic amines) is 2. The van der Waals surface area contributed by atoms with Crippen LogP contribution in [0.1, 0.15) is 63.0 Å². The van der Waals surface area contributed by atoms with Crippen molar-refractivity contribution >= 4 is 35.6 Å². The molecule has 3 aliphatic heterocycles. The number of likely N-dealkylation sites (N-methyl/N-ethyl adjacent to an activating group) is 1. The van der Waals surface area contributed by atoms with E-state index in [1.807, 2.05) is 12.1 Å². The number of aliphatic carboxylic acids is 1. The molecule has 288 valence electrons. The average molecular weight is 738 g/mol. The van der Waals surface area contributed by atoms with E-state index in [1.54, 1.807) is 7.11 Å². The highest BCUT2D eigenvalue weighted by Gasteiger charge is 2.65. The van der Waals surface area contributed by atoms with Gasteiger partial charge in [-0.25, -0.2) is 4.79 Å². The molecule has 7 atom stereocenters. The predicted octanol–water partition coefficient (Wildman–Crippen LogP) is 1.04. The maximum atomic E-state index is 14.1. The Hall–Kier alpha value is -4.86. The number of ketones is 1. The number of amides is 3. The number of nitrogens with one attached hydrogen (secondary N) is 2. The zero-order valence-electron chi connectivity index (χ0n) is 30.6. The first-order valence-electron chi connectivity index (χ1n) is 18.4. The molecule has 6 rings (SSSR count). The molecule has 2 saturated heterocycles. The second-order valence-electron chi connectivity index (χ2n) is 14.9. The number of rotatable bonds is 14. The number of ether oxygens (including phenoxy) is 3. The lowest BCUT2D eigenvalue weighted by Crippen LogP contribution is -2.63. The number of nitrogens with two attached hydrogens (primary N) is 2. The molecule has 1 spiro atoms. The number of aliphatic imine (C=N–C) groups is 1. The Kier molecular flexibility index (Phi) is 11.2. The summed E-state index contributed by atoms with van der Waals surface area (Å²) in [4.78, 5) is 71.6. The summed E-state index contributed by atoms with van der Waals surface area (Å²) in [5.74, 6) is -1.63. The van der Waals surface area contributed by atoms with Gasteiger partial charge in [-0.2, -0.15) is 0 Å². The summed E-state index contributed by atoms with van der Waals surface area (Å²) in [7, 11) is 3.78. The number of guanidine groups is 1. The minimum Gasteiger partial charge on any atom is -0.493 e. The summed E-state index contributed by atoms with van der Waals surface area (Å²) in [5, 5.41) is 15.2. The van der Waals surface area contributed by atoms with Crippen LogP contribution in [0, 0.1) is 17.8 Å². The SMILES string of the molecule is COc1ccc2c3c1OC1C(OC(=O)N4CCC(C(=O)O)CC4CNC(=O)[C@H](CCCN=C(N)N)CC(=O)CNC(C)=O)=CCC4C(C2)N(C)CC[C@]314. The number of benzene rings is 1. The Morgan fingerprint density at radius 2 is 1.96 bits per heavy atom. The van der Waals surface area contributed by atoms with Gasteiger partial charge in [0.15, 0.2) is 29.3 Å². The van der Waals surface area contributed by atoms with Crippen LogP contribution in [0.2, 0.25) is 0 Å². The Bertz CT molecular complexity index is 1690. The van der Waals surface area contributed by atoms with Crippen LogP contribution >= 0.6 is 0 Å². The van der Waals surface area contributed by atoms with Gasteiger partial charge in [-0.1, -0.05) is 6.07 Å². The molecule has 0 aromatic heterocycles. The molecular formula is C37H51N7O9. The summed E-state index contributed by atoms with van der Waals surface area (Å²) in [6, 6.07) is 3.68. The second-order valence-corrected chi connectivity index (χ2v) is 14.9. The van der Waals surface area contributed by atoms with Gasteiger partial charge in [-0.3, -0.25) is 24.2 Å². The molecule has 1 aromatic carbocycles. The molecule has 16 nitrogen and oxygen atoms in total. The van der Waals surface area contributed by atoms with Crippen LogP contribution in [-0.2, 0) is 35.8 Å². The second kappa shape index (κ2) is 15.6. The maximum absolute atomic E-state index is 14.1. The van der Waals surface area contributed by atoms with E-state index in [2.05, 4.69) is 33.6 Å². The zero-order chi connectivity index (χ0) is 38.0. The van der Waals surface area contributed by atoms with Gasteiger partial charge in [0.1, 0.15) is 5.76 Å². The van der Waals surface area contributed by atoms with Crippen molar-refractivity contribution in [2.75, 3.05) is 46.9 Å². The minimum atomic E-state index is -0.980. The van der Waals surface area contributed by atoms with E-state index in [0.717, 1.165) is 24.9 Å². The van der Waals surface area contributed by atoms with Gasteiger partial charge in [-0.15, -0.1) is 0 Å². The summed E-state index contributed by atoms with van der Waals surface area (Å²) in [6.07, 6.45) is 4.14. The van der Waals surface area contributed by atoms with Crippen LogP contribution in [0.15, 0.2) is 29.0 Å². The van der Waals surface area contributed by atoms with E-state index in [1.165, 1.54) is 17.4 Å². The van der Waals surface area contributed by atoms with E-state index in [0.29, 0.717) is 36.1 Å². The lowest BCUT2D eigenvalue weighted by atomic mass is 9.53. The molecular weight excluding hydrogens is 686 g/mol. The molecule has 3 heterocycles. The number of allylic oxidation sites excluding steroid dienone is 1. The van der Waals surface area contributed by atoms with Gasteiger partial charge in [0.25, 0.3) is 0 Å². The third-order valence-corrected chi connectivity index (χ3v) is 11.8. The van der Waals surface area contributed by atoms with Crippen molar-refractivity contribution in [2.24, 2.45) is 34.2 Å². The number of methoxy groups -OCH3 is 1. The molecule has 16 heteroatoms. The van der Waals surface area contributed by atoms with E-state index < -0.39 is 42.0 Å². The fourth-order valence-electron chi connectivity index (χ4n) is 9.24. The molecule has 0 saturated carbocycles. The van der Waals surface area contributed by atoms with Crippen LogP contribution in [0.3, 0.4) is 0 Å². The van der Waals surface area contributed by atoms with Crippen molar-refractivity contribution in [3.8, 4) is 11.5 Å². The van der Waals surface area contributed by atoms with Gasteiger partial charge in [-0.05, 0) is 82.2 Å². The summed E-state index contributed by atoms with van der Waals surface area (Å²) in [6.45, 7) is 2.28. The summed E-state index contributed by atoms with van der Waals surface area (Å²) < 4.78 is 18.7. The van der Waals surface area contributed by atoms with Gasteiger partial charge < -0.3 is 51.2 Å². The maximum Gasteiger partial charge on any atom is 0.415 e. The highest BCUT2D eigenvalue weighted by Crippen LogP contribution is 2.63. The van der Waals surface area contributed by atoms with Crippen LogP contribution in [-0.4, -0.2) is 116 Å². The Morgan fingerprint density at radius 3 is 2.68 bits per heavy atom. The highest BCUT2D eigenvalue weighted by molar-refractivity contribution is 5.89. The van der Waals surface area contributed by atoms with Gasteiger partial charge in [0, 0.05) is 55.9 Å². The van der Waals surface area contributed by atoms with Crippen molar-refractivity contribution in [3.05, 3.63) is 35.1 Å². The number of carboxylic acid groups (broad SMARTS) is 1.